The Morgan fingerprint density at radius 3 is 2.15 bits per heavy atom. The maximum Gasteiger partial charge on any atom is 0.174 e. The monoisotopic (exact) mass is 257 g/mol. The average molecular weight is 257 g/mol. The topological polar surface area (TPSA) is 33.1 Å². The summed E-state index contributed by atoms with van der Waals surface area (Å²) in [6, 6.07) is 18.3. The molecule has 0 amide bonds. The van der Waals surface area contributed by atoms with Gasteiger partial charge in [0.25, 0.3) is 0 Å². The summed E-state index contributed by atoms with van der Waals surface area (Å²) in [6.45, 7) is 7.06. The molecular weight excluding hydrogens is 246 g/mol. The lowest BCUT2D eigenvalue weighted by molar-refractivity contribution is 1.14. The van der Waals surface area contributed by atoms with Gasteiger partial charge in [-0.15, -0.1) is 0 Å². The highest BCUT2D eigenvalue weighted by molar-refractivity contribution is 6.10. The standard InChI is InChI=1S/C17H11N3/c1-19-12-13(10-11-18)20-16-8-4-2-6-14(16)15-7-3-5-9-17(15)20/h2-9,12H,10H2/b13-12-. The van der Waals surface area contributed by atoms with Crippen molar-refractivity contribution in [2.24, 2.45) is 0 Å². The van der Waals surface area contributed by atoms with Crippen molar-refractivity contribution in [1.82, 2.24) is 4.57 Å². The summed E-state index contributed by atoms with van der Waals surface area (Å²) in [7, 11) is 0. The number of benzene rings is 2. The number of hydrogen-bond acceptors (Lipinski definition) is 1. The molecule has 0 atom stereocenters. The number of rotatable bonds is 2. The molecule has 2 aromatic carbocycles. The number of nitriles is 1. The molecule has 0 aliphatic rings. The predicted octanol–water partition coefficient (Wildman–Crippen LogP) is 4.43. The lowest BCUT2D eigenvalue weighted by Gasteiger charge is -2.08. The fraction of sp³-hybridized carbons (Fsp3) is 0.0588. The zero-order valence-corrected chi connectivity index (χ0v) is 10.7. The molecule has 3 nitrogen and oxygen atoms in total. The number of fused-ring (bicyclic) bond motifs is 3. The Morgan fingerprint density at radius 1 is 1.10 bits per heavy atom. The largest absolute Gasteiger partial charge is 0.323 e. The number of aromatic nitrogens is 1. The molecular formula is C17H11N3. The van der Waals surface area contributed by atoms with Gasteiger partial charge in [-0.2, -0.15) is 5.26 Å². The van der Waals surface area contributed by atoms with Crippen molar-refractivity contribution < 1.29 is 0 Å². The van der Waals surface area contributed by atoms with Gasteiger partial charge in [-0.3, -0.25) is 0 Å². The van der Waals surface area contributed by atoms with E-state index in [1.165, 1.54) is 6.20 Å². The van der Waals surface area contributed by atoms with E-state index in [2.05, 4.69) is 23.0 Å². The Labute approximate surface area is 116 Å². The molecule has 0 unspecified atom stereocenters. The molecule has 20 heavy (non-hydrogen) atoms. The van der Waals surface area contributed by atoms with Crippen LogP contribution in [0.5, 0.6) is 0 Å². The second kappa shape index (κ2) is 4.91. The van der Waals surface area contributed by atoms with Crippen LogP contribution in [0.1, 0.15) is 6.42 Å². The second-order valence-corrected chi connectivity index (χ2v) is 4.45. The Morgan fingerprint density at radius 2 is 1.65 bits per heavy atom. The maximum atomic E-state index is 9.00. The van der Waals surface area contributed by atoms with Gasteiger partial charge < -0.3 is 4.57 Å². The normalized spacial score (nSPS) is 11.4. The van der Waals surface area contributed by atoms with Crippen LogP contribution in [0.2, 0.25) is 0 Å². The van der Waals surface area contributed by atoms with E-state index in [0.717, 1.165) is 21.8 Å². The number of para-hydroxylation sites is 2. The van der Waals surface area contributed by atoms with Crippen LogP contribution in [0, 0.1) is 17.9 Å². The van der Waals surface area contributed by atoms with Crippen LogP contribution in [-0.2, 0) is 0 Å². The van der Waals surface area contributed by atoms with Gasteiger partial charge in [0.05, 0.1) is 30.1 Å². The fourth-order valence-electron chi connectivity index (χ4n) is 2.57. The summed E-state index contributed by atoms with van der Waals surface area (Å²) in [5.74, 6) is 0. The minimum Gasteiger partial charge on any atom is -0.323 e. The number of allylic oxidation sites excluding steroid dienone is 1. The molecule has 0 aliphatic heterocycles. The maximum absolute atomic E-state index is 9.00. The van der Waals surface area contributed by atoms with Crippen molar-refractivity contribution in [3.8, 4) is 6.07 Å². The molecule has 1 aromatic heterocycles. The van der Waals surface area contributed by atoms with E-state index in [-0.39, 0.29) is 6.42 Å². The first-order valence-corrected chi connectivity index (χ1v) is 6.28. The van der Waals surface area contributed by atoms with Crippen LogP contribution >= 0.6 is 0 Å². The first kappa shape index (κ1) is 12.0. The van der Waals surface area contributed by atoms with Gasteiger partial charge in [0.2, 0.25) is 0 Å². The molecule has 3 heteroatoms. The third kappa shape index (κ3) is 1.74. The lowest BCUT2D eigenvalue weighted by atomic mass is 10.2. The van der Waals surface area contributed by atoms with Crippen LogP contribution < -0.4 is 0 Å². The van der Waals surface area contributed by atoms with E-state index in [4.69, 9.17) is 11.8 Å². The Balaban J connectivity index is 2.47. The second-order valence-electron chi connectivity index (χ2n) is 4.45. The van der Waals surface area contributed by atoms with E-state index in [1.807, 2.05) is 41.0 Å². The zero-order chi connectivity index (χ0) is 13.9. The third-order valence-corrected chi connectivity index (χ3v) is 3.34. The number of hydrogen-bond donors (Lipinski definition) is 0. The zero-order valence-electron chi connectivity index (χ0n) is 10.7. The third-order valence-electron chi connectivity index (χ3n) is 3.34. The molecule has 0 fully saturated rings. The first-order chi connectivity index (χ1) is 9.86. The van der Waals surface area contributed by atoms with Crippen LogP contribution in [0.4, 0.5) is 0 Å². The van der Waals surface area contributed by atoms with Crippen molar-refractivity contribution in [3.63, 3.8) is 0 Å². The Kier molecular flexibility index (Phi) is 2.95. The molecule has 0 radical (unpaired) electrons. The van der Waals surface area contributed by atoms with E-state index < -0.39 is 0 Å². The summed E-state index contributed by atoms with van der Waals surface area (Å²) in [6.07, 6.45) is 1.65. The van der Waals surface area contributed by atoms with Crippen molar-refractivity contribution in [2.45, 2.75) is 6.42 Å². The molecule has 1 heterocycles. The Bertz CT molecular complexity index is 848. The van der Waals surface area contributed by atoms with Gasteiger partial charge in [-0.25, -0.2) is 4.85 Å². The van der Waals surface area contributed by atoms with Crippen LogP contribution in [0.25, 0.3) is 32.3 Å². The fourth-order valence-corrected chi connectivity index (χ4v) is 2.57. The minimum atomic E-state index is 0.213. The van der Waals surface area contributed by atoms with Crippen molar-refractivity contribution in [2.75, 3.05) is 0 Å². The summed E-state index contributed by atoms with van der Waals surface area (Å²) in [5.41, 5.74) is 2.76. The van der Waals surface area contributed by atoms with Crippen molar-refractivity contribution in [3.05, 3.63) is 66.1 Å². The van der Waals surface area contributed by atoms with Crippen LogP contribution in [-0.4, -0.2) is 4.57 Å². The summed E-state index contributed by atoms with van der Waals surface area (Å²) in [4.78, 5) is 3.34. The van der Waals surface area contributed by atoms with Gasteiger partial charge in [-0.05, 0) is 12.1 Å². The van der Waals surface area contributed by atoms with Crippen LogP contribution in [0.15, 0.2) is 54.7 Å². The van der Waals surface area contributed by atoms with E-state index >= 15 is 0 Å². The Hall–Kier alpha value is -3.04. The molecule has 0 aliphatic carbocycles. The quantitative estimate of drug-likeness (QED) is 0.625. The smallest absolute Gasteiger partial charge is 0.174 e. The highest BCUT2D eigenvalue weighted by Gasteiger charge is 2.12. The summed E-state index contributed by atoms with van der Waals surface area (Å²) >= 11 is 0. The van der Waals surface area contributed by atoms with Crippen molar-refractivity contribution in [1.29, 1.82) is 5.26 Å². The molecule has 0 saturated heterocycles. The van der Waals surface area contributed by atoms with E-state index in [0.29, 0.717) is 5.70 Å². The van der Waals surface area contributed by atoms with Gasteiger partial charge in [0.15, 0.2) is 6.20 Å². The predicted molar refractivity (Wildman–Crippen MR) is 80.5 cm³/mol. The van der Waals surface area contributed by atoms with Crippen molar-refractivity contribution >= 4 is 27.5 Å². The van der Waals surface area contributed by atoms with Gasteiger partial charge in [0, 0.05) is 16.5 Å². The number of nitrogens with zero attached hydrogens (tertiary/aromatic N) is 3. The molecule has 0 bridgehead atoms. The summed E-state index contributed by atoms with van der Waals surface area (Å²) < 4.78 is 2.01. The minimum absolute atomic E-state index is 0.213. The SMILES string of the molecule is [C-]#[N+]/C=C(/CC#N)n1c2ccccc2c2ccccc21. The molecule has 94 valence electrons. The molecule has 0 saturated carbocycles. The highest BCUT2D eigenvalue weighted by Crippen LogP contribution is 2.32. The van der Waals surface area contributed by atoms with E-state index in [1.54, 1.807) is 0 Å². The molecule has 3 rings (SSSR count). The first-order valence-electron chi connectivity index (χ1n) is 6.28. The van der Waals surface area contributed by atoms with Gasteiger partial charge in [0.1, 0.15) is 0 Å². The molecule has 0 spiro atoms. The molecule has 0 N–H and O–H groups in total. The lowest BCUT2D eigenvalue weighted by Crippen LogP contribution is -1.95. The average Bonchev–Trinajstić information content (AvgIpc) is 2.82. The van der Waals surface area contributed by atoms with Crippen LogP contribution in [0.3, 0.4) is 0 Å². The highest BCUT2D eigenvalue weighted by atomic mass is 15.0. The summed E-state index contributed by atoms with van der Waals surface area (Å²) in [5, 5.41) is 11.3. The van der Waals surface area contributed by atoms with E-state index in [9.17, 15) is 0 Å². The molecule has 3 aromatic rings. The van der Waals surface area contributed by atoms with Gasteiger partial charge >= 0.3 is 0 Å². The van der Waals surface area contributed by atoms with Gasteiger partial charge in [-0.1, -0.05) is 36.4 Å².